The highest BCUT2D eigenvalue weighted by atomic mass is 16.5. The second kappa shape index (κ2) is 8.16. The number of hydrogen-bond acceptors (Lipinski definition) is 6. The lowest BCUT2D eigenvalue weighted by molar-refractivity contribution is -0.140. The molecular weight excluding hydrogens is 382 g/mol. The molecule has 2 aromatic heterocycles. The Labute approximate surface area is 173 Å². The number of likely N-dealkylation sites (tertiary alicyclic amines) is 1. The van der Waals surface area contributed by atoms with Crippen molar-refractivity contribution in [3.8, 4) is 5.75 Å². The molecule has 4 rings (SSSR count). The van der Waals surface area contributed by atoms with Crippen LogP contribution in [0.5, 0.6) is 5.75 Å². The lowest BCUT2D eigenvalue weighted by Crippen LogP contribution is -2.29. The summed E-state index contributed by atoms with van der Waals surface area (Å²) in [7, 11) is 1.48. The maximum atomic E-state index is 13.0. The fourth-order valence-corrected chi connectivity index (χ4v) is 3.61. The van der Waals surface area contributed by atoms with E-state index < -0.39 is 17.7 Å². The van der Waals surface area contributed by atoms with E-state index >= 15 is 0 Å². The summed E-state index contributed by atoms with van der Waals surface area (Å²) < 4.78 is 5.33. The van der Waals surface area contributed by atoms with Crippen LogP contribution in [0.1, 0.15) is 22.7 Å². The molecule has 1 fully saturated rings. The van der Waals surface area contributed by atoms with Gasteiger partial charge in [-0.2, -0.15) is 0 Å². The van der Waals surface area contributed by atoms with E-state index in [0.717, 1.165) is 5.56 Å². The number of nitrogens with zero attached hydrogens (tertiary/aromatic N) is 3. The van der Waals surface area contributed by atoms with Gasteiger partial charge in [0.1, 0.15) is 11.5 Å². The molecule has 1 amide bonds. The molecule has 0 saturated carbocycles. The predicted molar refractivity (Wildman–Crippen MR) is 109 cm³/mol. The number of para-hydroxylation sites is 1. The first kappa shape index (κ1) is 19.3. The maximum absolute atomic E-state index is 13.0. The topological polar surface area (TPSA) is 92.6 Å². The normalized spacial score (nSPS) is 17.9. The number of carbonyl (C=O) groups excluding carboxylic acids is 2. The van der Waals surface area contributed by atoms with Gasteiger partial charge >= 0.3 is 0 Å². The van der Waals surface area contributed by atoms with Gasteiger partial charge in [0.15, 0.2) is 0 Å². The molecule has 3 aromatic rings. The average Bonchev–Trinajstić information content (AvgIpc) is 3.04. The third-order valence-electron chi connectivity index (χ3n) is 5.00. The molecule has 1 saturated heterocycles. The van der Waals surface area contributed by atoms with Crippen molar-refractivity contribution < 1.29 is 19.4 Å². The second-order valence-electron chi connectivity index (χ2n) is 6.77. The van der Waals surface area contributed by atoms with Crippen LogP contribution in [0.3, 0.4) is 0 Å². The SMILES string of the molecule is COc1ccccc1/C(O)=C1\C(=O)C(=O)N(Cc2cccnc2)C1c1ccncc1. The van der Waals surface area contributed by atoms with Gasteiger partial charge < -0.3 is 14.7 Å². The van der Waals surface area contributed by atoms with E-state index in [2.05, 4.69) is 9.97 Å². The summed E-state index contributed by atoms with van der Waals surface area (Å²) in [5.41, 5.74) is 1.80. The van der Waals surface area contributed by atoms with Gasteiger partial charge in [-0.1, -0.05) is 18.2 Å². The highest BCUT2D eigenvalue weighted by Gasteiger charge is 2.46. The van der Waals surface area contributed by atoms with Crippen molar-refractivity contribution >= 4 is 17.4 Å². The van der Waals surface area contributed by atoms with Crippen LogP contribution in [0.25, 0.3) is 5.76 Å². The summed E-state index contributed by atoms with van der Waals surface area (Å²) in [5.74, 6) is -1.30. The Bertz CT molecular complexity index is 1110. The van der Waals surface area contributed by atoms with Crippen LogP contribution in [-0.2, 0) is 16.1 Å². The molecule has 0 spiro atoms. The molecule has 150 valence electrons. The Kier molecular flexibility index (Phi) is 5.26. The van der Waals surface area contributed by atoms with Crippen molar-refractivity contribution in [3.05, 3.63) is 95.6 Å². The molecule has 0 radical (unpaired) electrons. The smallest absolute Gasteiger partial charge is 0.295 e. The average molecular weight is 401 g/mol. The quantitative estimate of drug-likeness (QED) is 0.401. The number of pyridine rings is 2. The number of carbonyl (C=O) groups is 2. The Morgan fingerprint density at radius 3 is 2.50 bits per heavy atom. The highest BCUT2D eigenvalue weighted by molar-refractivity contribution is 6.46. The maximum Gasteiger partial charge on any atom is 0.295 e. The third-order valence-corrected chi connectivity index (χ3v) is 5.00. The number of hydrogen-bond donors (Lipinski definition) is 1. The first-order valence-electron chi connectivity index (χ1n) is 9.32. The van der Waals surface area contributed by atoms with Crippen LogP contribution in [0.2, 0.25) is 0 Å². The Balaban J connectivity index is 1.88. The number of rotatable bonds is 5. The van der Waals surface area contributed by atoms with Gasteiger partial charge in [0.05, 0.1) is 24.3 Å². The highest BCUT2D eigenvalue weighted by Crippen LogP contribution is 2.41. The van der Waals surface area contributed by atoms with Gasteiger partial charge in [-0.05, 0) is 41.5 Å². The van der Waals surface area contributed by atoms with E-state index in [9.17, 15) is 14.7 Å². The summed E-state index contributed by atoms with van der Waals surface area (Å²) in [6, 6.07) is 13.1. The molecule has 1 N–H and O–H groups in total. The molecule has 7 nitrogen and oxygen atoms in total. The summed E-state index contributed by atoms with van der Waals surface area (Å²) >= 11 is 0. The molecule has 1 atom stereocenters. The largest absolute Gasteiger partial charge is 0.507 e. The first-order valence-corrected chi connectivity index (χ1v) is 9.32. The molecule has 30 heavy (non-hydrogen) atoms. The van der Waals surface area contributed by atoms with Gasteiger partial charge in [0.25, 0.3) is 11.7 Å². The van der Waals surface area contributed by atoms with Crippen LogP contribution < -0.4 is 4.74 Å². The van der Waals surface area contributed by atoms with Crippen molar-refractivity contribution in [2.45, 2.75) is 12.6 Å². The van der Waals surface area contributed by atoms with Crippen LogP contribution in [0, 0.1) is 0 Å². The molecule has 3 heterocycles. The second-order valence-corrected chi connectivity index (χ2v) is 6.77. The number of ether oxygens (including phenoxy) is 1. The van der Waals surface area contributed by atoms with E-state index in [0.29, 0.717) is 16.9 Å². The number of aromatic nitrogens is 2. The molecule has 1 aliphatic heterocycles. The van der Waals surface area contributed by atoms with Crippen molar-refractivity contribution in [1.29, 1.82) is 0 Å². The summed E-state index contributed by atoms with van der Waals surface area (Å²) in [6.07, 6.45) is 6.45. The number of ketones is 1. The first-order chi connectivity index (χ1) is 14.6. The van der Waals surface area contributed by atoms with Gasteiger partial charge in [0.2, 0.25) is 0 Å². The van der Waals surface area contributed by atoms with Crippen molar-refractivity contribution in [3.63, 3.8) is 0 Å². The van der Waals surface area contributed by atoms with Crippen LogP contribution in [0.4, 0.5) is 0 Å². The van der Waals surface area contributed by atoms with Gasteiger partial charge in [-0.3, -0.25) is 19.6 Å². The van der Waals surface area contributed by atoms with E-state index in [4.69, 9.17) is 4.74 Å². The monoisotopic (exact) mass is 401 g/mol. The fraction of sp³-hybridized carbons (Fsp3) is 0.130. The zero-order chi connectivity index (χ0) is 21.1. The van der Waals surface area contributed by atoms with Crippen molar-refractivity contribution in [2.24, 2.45) is 0 Å². The van der Waals surface area contributed by atoms with Gasteiger partial charge in [-0.15, -0.1) is 0 Å². The molecule has 7 heteroatoms. The molecule has 1 aromatic carbocycles. The third kappa shape index (κ3) is 3.41. The summed E-state index contributed by atoms with van der Waals surface area (Å²) in [4.78, 5) is 35.5. The number of aliphatic hydroxyl groups excluding tert-OH is 1. The zero-order valence-electron chi connectivity index (χ0n) is 16.2. The summed E-state index contributed by atoms with van der Waals surface area (Å²) in [6.45, 7) is 0.175. The number of aliphatic hydroxyl groups is 1. The van der Waals surface area contributed by atoms with Crippen LogP contribution in [-0.4, -0.2) is 38.8 Å². The number of amides is 1. The van der Waals surface area contributed by atoms with E-state index in [1.54, 1.807) is 67.3 Å². The number of methoxy groups -OCH3 is 1. The molecule has 1 unspecified atom stereocenters. The van der Waals surface area contributed by atoms with E-state index in [1.807, 2.05) is 6.07 Å². The Morgan fingerprint density at radius 1 is 1.03 bits per heavy atom. The van der Waals surface area contributed by atoms with Crippen molar-refractivity contribution in [1.82, 2.24) is 14.9 Å². The number of benzene rings is 1. The molecule has 1 aliphatic rings. The predicted octanol–water partition coefficient (Wildman–Crippen LogP) is 3.11. The van der Waals surface area contributed by atoms with Gasteiger partial charge in [-0.25, -0.2) is 0 Å². The zero-order valence-corrected chi connectivity index (χ0v) is 16.2. The minimum Gasteiger partial charge on any atom is -0.507 e. The van der Waals surface area contributed by atoms with Crippen LogP contribution >= 0.6 is 0 Å². The van der Waals surface area contributed by atoms with Gasteiger partial charge in [0, 0.05) is 31.3 Å². The Hall–Kier alpha value is -4.00. The summed E-state index contributed by atoms with van der Waals surface area (Å²) in [5, 5.41) is 11.1. The fourth-order valence-electron chi connectivity index (χ4n) is 3.61. The molecular formula is C23H19N3O4. The Morgan fingerprint density at radius 2 is 1.80 bits per heavy atom. The van der Waals surface area contributed by atoms with E-state index in [-0.39, 0.29) is 17.9 Å². The minimum atomic E-state index is -0.766. The number of Topliss-reactive ketones (excluding diaryl/α,β-unsaturated/α-hetero) is 1. The molecule has 0 bridgehead atoms. The molecule has 0 aliphatic carbocycles. The van der Waals surface area contributed by atoms with Crippen LogP contribution in [0.15, 0.2) is 78.9 Å². The minimum absolute atomic E-state index is 0.0135. The lowest BCUT2D eigenvalue weighted by Gasteiger charge is -2.25. The lowest BCUT2D eigenvalue weighted by atomic mass is 9.95. The van der Waals surface area contributed by atoms with E-state index in [1.165, 1.54) is 12.0 Å². The van der Waals surface area contributed by atoms with Crippen molar-refractivity contribution in [2.75, 3.05) is 7.11 Å². The standard InChI is InChI=1S/C23H19N3O4/c1-30-18-7-3-2-6-17(18)21(27)19-20(16-8-11-24-12-9-16)26(23(29)22(19)28)14-15-5-4-10-25-13-15/h2-13,20,27H,14H2,1H3/b21-19+.